The smallest absolute Gasteiger partial charge is 0.264 e. The van der Waals surface area contributed by atoms with E-state index in [1.807, 2.05) is 37.3 Å². The molecule has 0 saturated heterocycles. The maximum Gasteiger partial charge on any atom is 0.264 e. The van der Waals surface area contributed by atoms with E-state index in [0.29, 0.717) is 17.4 Å². The van der Waals surface area contributed by atoms with Crippen LogP contribution in [-0.2, 0) is 10.0 Å². The molecule has 0 spiro atoms. The van der Waals surface area contributed by atoms with Crippen LogP contribution in [0.1, 0.15) is 24.8 Å². The molecule has 1 aromatic rings. The molecule has 106 valence electrons. The molecule has 3 rings (SSSR count). The SMILES string of the molecule is Cc1ccc(S(=O)(=O)N2CCC=CC=C2C2CC2)cc1. The van der Waals surface area contributed by atoms with Gasteiger partial charge in [0.1, 0.15) is 0 Å². The van der Waals surface area contributed by atoms with Gasteiger partial charge in [0.2, 0.25) is 0 Å². The van der Waals surface area contributed by atoms with E-state index in [4.69, 9.17) is 0 Å². The number of benzene rings is 1. The van der Waals surface area contributed by atoms with E-state index in [-0.39, 0.29) is 0 Å². The van der Waals surface area contributed by atoms with Crippen molar-refractivity contribution in [3.63, 3.8) is 0 Å². The molecule has 0 aromatic heterocycles. The first-order valence-corrected chi connectivity index (χ1v) is 8.49. The van der Waals surface area contributed by atoms with Gasteiger partial charge in [0, 0.05) is 12.2 Å². The molecular formula is C16H19NO2S. The fourth-order valence-corrected chi connectivity index (χ4v) is 4.05. The molecule has 3 nitrogen and oxygen atoms in total. The van der Waals surface area contributed by atoms with Crippen LogP contribution in [0.4, 0.5) is 0 Å². The summed E-state index contributed by atoms with van der Waals surface area (Å²) < 4.78 is 27.3. The highest BCUT2D eigenvalue weighted by Gasteiger charge is 2.35. The Morgan fingerprint density at radius 1 is 1.15 bits per heavy atom. The van der Waals surface area contributed by atoms with Crippen molar-refractivity contribution in [1.82, 2.24) is 4.31 Å². The number of hydrogen-bond acceptors (Lipinski definition) is 2. The van der Waals surface area contributed by atoms with E-state index in [1.54, 1.807) is 16.4 Å². The van der Waals surface area contributed by atoms with Gasteiger partial charge in [-0.25, -0.2) is 8.42 Å². The lowest BCUT2D eigenvalue weighted by molar-refractivity contribution is 0.464. The summed E-state index contributed by atoms with van der Waals surface area (Å²) in [5.41, 5.74) is 2.03. The largest absolute Gasteiger partial charge is 0.270 e. The Bertz CT molecular complexity index is 652. The second kappa shape index (κ2) is 5.09. The Kier molecular flexibility index (Phi) is 3.42. The lowest BCUT2D eigenvalue weighted by atomic mass is 10.2. The zero-order chi connectivity index (χ0) is 14.2. The summed E-state index contributed by atoms with van der Waals surface area (Å²) >= 11 is 0. The summed E-state index contributed by atoms with van der Waals surface area (Å²) in [7, 11) is -3.43. The normalized spacial score (nSPS) is 19.6. The van der Waals surface area contributed by atoms with Crippen LogP contribution >= 0.6 is 0 Å². The first-order chi connectivity index (χ1) is 9.59. The molecule has 2 aliphatic rings. The van der Waals surface area contributed by atoms with Crippen LogP contribution in [0.15, 0.2) is 53.1 Å². The van der Waals surface area contributed by atoms with E-state index in [9.17, 15) is 8.42 Å². The second-order valence-electron chi connectivity index (χ2n) is 5.47. The van der Waals surface area contributed by atoms with Gasteiger partial charge in [0.25, 0.3) is 10.0 Å². The standard InChI is InChI=1S/C16H19NO2S/c1-13-6-10-15(11-7-13)20(18,19)17-12-4-2-3-5-16(17)14-8-9-14/h2-3,5-7,10-11,14H,4,8-9,12H2,1H3. The molecule has 1 aliphatic heterocycles. The van der Waals surface area contributed by atoms with Crippen molar-refractivity contribution in [3.05, 3.63) is 53.8 Å². The molecule has 1 aliphatic carbocycles. The highest BCUT2D eigenvalue weighted by atomic mass is 32.2. The van der Waals surface area contributed by atoms with E-state index in [0.717, 1.165) is 30.5 Å². The van der Waals surface area contributed by atoms with Gasteiger partial charge in [-0.1, -0.05) is 29.8 Å². The van der Waals surface area contributed by atoms with Crippen molar-refractivity contribution in [2.45, 2.75) is 31.1 Å². The molecule has 1 aromatic carbocycles. The molecule has 1 saturated carbocycles. The summed E-state index contributed by atoms with van der Waals surface area (Å²) in [4.78, 5) is 0.386. The minimum atomic E-state index is -3.43. The van der Waals surface area contributed by atoms with Crippen LogP contribution < -0.4 is 0 Å². The first kappa shape index (κ1) is 13.4. The summed E-state index contributed by atoms with van der Waals surface area (Å²) in [6.07, 6.45) is 8.94. The van der Waals surface area contributed by atoms with Crippen molar-refractivity contribution in [3.8, 4) is 0 Å². The lowest BCUT2D eigenvalue weighted by Crippen LogP contribution is -2.31. The minimum Gasteiger partial charge on any atom is -0.270 e. The number of hydrogen-bond donors (Lipinski definition) is 0. The third-order valence-corrected chi connectivity index (χ3v) is 5.64. The monoisotopic (exact) mass is 289 g/mol. The summed E-state index contributed by atoms with van der Waals surface area (Å²) in [6, 6.07) is 7.11. The fourth-order valence-electron chi connectivity index (χ4n) is 2.48. The van der Waals surface area contributed by atoms with Gasteiger partial charge in [0.15, 0.2) is 0 Å². The Labute approximate surface area is 120 Å². The molecule has 1 fully saturated rings. The average Bonchev–Trinajstić information content (AvgIpc) is 3.25. The topological polar surface area (TPSA) is 37.4 Å². The molecule has 0 bridgehead atoms. The third kappa shape index (κ3) is 2.52. The maximum absolute atomic E-state index is 12.9. The fraction of sp³-hybridized carbons (Fsp3) is 0.375. The predicted octanol–water partition coefficient (Wildman–Crippen LogP) is 3.24. The van der Waals surface area contributed by atoms with Crippen LogP contribution in [-0.4, -0.2) is 19.3 Å². The molecule has 4 heteroatoms. The molecule has 0 atom stereocenters. The van der Waals surface area contributed by atoms with Crippen LogP contribution in [0.5, 0.6) is 0 Å². The molecule has 0 N–H and O–H groups in total. The molecule has 0 radical (unpaired) electrons. The van der Waals surface area contributed by atoms with Crippen molar-refractivity contribution in [2.24, 2.45) is 5.92 Å². The van der Waals surface area contributed by atoms with E-state index in [2.05, 4.69) is 0 Å². The van der Waals surface area contributed by atoms with Crippen molar-refractivity contribution >= 4 is 10.0 Å². The van der Waals surface area contributed by atoms with Crippen molar-refractivity contribution in [1.29, 1.82) is 0 Å². The maximum atomic E-state index is 12.9. The van der Waals surface area contributed by atoms with E-state index >= 15 is 0 Å². The minimum absolute atomic E-state index is 0.386. The first-order valence-electron chi connectivity index (χ1n) is 7.05. The van der Waals surface area contributed by atoms with E-state index in [1.165, 1.54) is 0 Å². The Hall–Kier alpha value is -1.55. The van der Waals surface area contributed by atoms with Crippen LogP contribution in [0, 0.1) is 12.8 Å². The Morgan fingerprint density at radius 3 is 2.50 bits per heavy atom. The molecule has 1 heterocycles. The summed E-state index contributed by atoms with van der Waals surface area (Å²) in [6.45, 7) is 2.50. The Morgan fingerprint density at radius 2 is 1.85 bits per heavy atom. The zero-order valence-electron chi connectivity index (χ0n) is 11.6. The molecular weight excluding hydrogens is 270 g/mol. The van der Waals surface area contributed by atoms with Gasteiger partial charge in [-0.3, -0.25) is 4.31 Å². The summed E-state index contributed by atoms with van der Waals surface area (Å²) in [5.74, 6) is 0.415. The van der Waals surface area contributed by atoms with Gasteiger partial charge in [-0.05, 0) is 50.3 Å². The van der Waals surface area contributed by atoms with Crippen LogP contribution in [0.2, 0.25) is 0 Å². The average molecular weight is 289 g/mol. The molecule has 20 heavy (non-hydrogen) atoms. The van der Waals surface area contributed by atoms with Crippen molar-refractivity contribution < 1.29 is 8.42 Å². The van der Waals surface area contributed by atoms with Gasteiger partial charge < -0.3 is 0 Å². The van der Waals surface area contributed by atoms with Crippen molar-refractivity contribution in [2.75, 3.05) is 6.54 Å². The number of allylic oxidation sites excluding steroid dienone is 3. The quantitative estimate of drug-likeness (QED) is 0.856. The molecule has 0 unspecified atom stereocenters. The predicted molar refractivity (Wildman–Crippen MR) is 79.6 cm³/mol. The third-order valence-electron chi connectivity index (χ3n) is 3.79. The zero-order valence-corrected chi connectivity index (χ0v) is 12.4. The van der Waals surface area contributed by atoms with Gasteiger partial charge in [-0.2, -0.15) is 0 Å². The van der Waals surface area contributed by atoms with E-state index < -0.39 is 10.0 Å². The highest BCUT2D eigenvalue weighted by molar-refractivity contribution is 7.89. The number of nitrogens with zero attached hydrogens (tertiary/aromatic N) is 1. The van der Waals surface area contributed by atoms with Crippen LogP contribution in [0.3, 0.4) is 0 Å². The number of rotatable bonds is 3. The Balaban J connectivity index is 1.98. The number of aryl methyl sites for hydroxylation is 1. The number of sulfonamides is 1. The van der Waals surface area contributed by atoms with Crippen LogP contribution in [0.25, 0.3) is 0 Å². The summed E-state index contributed by atoms with van der Waals surface area (Å²) in [5, 5.41) is 0. The molecule has 0 amide bonds. The second-order valence-corrected chi connectivity index (χ2v) is 7.34. The van der Waals surface area contributed by atoms with Gasteiger partial charge in [-0.15, -0.1) is 0 Å². The van der Waals surface area contributed by atoms with Gasteiger partial charge in [0.05, 0.1) is 4.90 Å². The highest BCUT2D eigenvalue weighted by Crippen LogP contribution is 2.40. The lowest BCUT2D eigenvalue weighted by Gasteiger charge is -2.26. The van der Waals surface area contributed by atoms with Gasteiger partial charge >= 0.3 is 0 Å².